The van der Waals surface area contributed by atoms with Crippen LogP contribution >= 0.6 is 0 Å². The van der Waals surface area contributed by atoms with E-state index in [1.54, 1.807) is 0 Å². The molecule has 0 saturated carbocycles. The molecule has 1 aromatic heterocycles. The van der Waals surface area contributed by atoms with Crippen molar-refractivity contribution in [1.29, 1.82) is 5.26 Å². The first kappa shape index (κ1) is 17.5. The second-order valence-corrected chi connectivity index (χ2v) is 6.92. The predicted molar refractivity (Wildman–Crippen MR) is 104 cm³/mol. The molecule has 2 heterocycles. The lowest BCUT2D eigenvalue weighted by Crippen LogP contribution is -2.39. The maximum Gasteiger partial charge on any atom is 0.126 e. The molecule has 1 aliphatic rings. The normalized spacial score (nSPS) is 17.6. The standard InChI is InChI=1S/C22H22N4O/c1-16-5-7-19(8-6-16)20-13-24-22(25-20)21-15-27-10-9-26(21)14-18-4-2-3-17(11-18)12-23/h2-8,11,13,21H,9-10,14-15H2,1H3,(H,24,25). The number of hydrogen-bond donors (Lipinski definition) is 1. The van der Waals surface area contributed by atoms with Crippen molar-refractivity contribution in [3.8, 4) is 17.3 Å². The summed E-state index contributed by atoms with van der Waals surface area (Å²) in [5.74, 6) is 0.918. The highest BCUT2D eigenvalue weighted by Gasteiger charge is 2.27. The molecule has 1 fully saturated rings. The van der Waals surface area contributed by atoms with E-state index in [1.807, 2.05) is 24.4 Å². The van der Waals surface area contributed by atoms with Crippen molar-refractivity contribution in [2.45, 2.75) is 19.5 Å². The van der Waals surface area contributed by atoms with Crippen molar-refractivity contribution in [2.75, 3.05) is 19.8 Å². The zero-order valence-corrected chi connectivity index (χ0v) is 15.4. The van der Waals surface area contributed by atoms with Crippen molar-refractivity contribution < 1.29 is 4.74 Å². The highest BCUT2D eigenvalue weighted by Crippen LogP contribution is 2.26. The number of aromatic amines is 1. The first-order chi connectivity index (χ1) is 13.2. The molecule has 0 spiro atoms. The van der Waals surface area contributed by atoms with Gasteiger partial charge >= 0.3 is 0 Å². The van der Waals surface area contributed by atoms with Crippen LogP contribution in [-0.2, 0) is 11.3 Å². The minimum Gasteiger partial charge on any atom is -0.378 e. The summed E-state index contributed by atoms with van der Waals surface area (Å²) in [6.07, 6.45) is 1.89. The fraction of sp³-hybridized carbons (Fsp3) is 0.273. The average Bonchev–Trinajstić information content (AvgIpc) is 3.19. The van der Waals surface area contributed by atoms with Crippen LogP contribution in [0.3, 0.4) is 0 Å². The van der Waals surface area contributed by atoms with Crippen LogP contribution in [0, 0.1) is 18.3 Å². The molecule has 27 heavy (non-hydrogen) atoms. The molecule has 1 N–H and O–H groups in total. The quantitative estimate of drug-likeness (QED) is 0.770. The Balaban J connectivity index is 1.55. The van der Waals surface area contributed by atoms with Crippen LogP contribution in [0.4, 0.5) is 0 Å². The van der Waals surface area contributed by atoms with Gasteiger partial charge in [-0.3, -0.25) is 4.90 Å². The van der Waals surface area contributed by atoms with Crippen LogP contribution < -0.4 is 0 Å². The van der Waals surface area contributed by atoms with Gasteiger partial charge in [0.15, 0.2) is 0 Å². The number of nitrogens with zero attached hydrogens (tertiary/aromatic N) is 3. The lowest BCUT2D eigenvalue weighted by molar-refractivity contribution is -0.0156. The van der Waals surface area contributed by atoms with E-state index < -0.39 is 0 Å². The zero-order valence-electron chi connectivity index (χ0n) is 15.4. The number of nitrogens with one attached hydrogen (secondary N) is 1. The summed E-state index contributed by atoms with van der Waals surface area (Å²) in [5, 5.41) is 9.13. The molecule has 5 nitrogen and oxygen atoms in total. The topological polar surface area (TPSA) is 64.9 Å². The lowest BCUT2D eigenvalue weighted by Gasteiger charge is -2.34. The maximum absolute atomic E-state index is 9.13. The monoisotopic (exact) mass is 358 g/mol. The van der Waals surface area contributed by atoms with E-state index in [1.165, 1.54) is 5.56 Å². The smallest absolute Gasteiger partial charge is 0.126 e. The van der Waals surface area contributed by atoms with Gasteiger partial charge in [0.25, 0.3) is 0 Å². The van der Waals surface area contributed by atoms with Crippen LogP contribution in [0.1, 0.15) is 28.6 Å². The Morgan fingerprint density at radius 1 is 1.26 bits per heavy atom. The number of ether oxygens (including phenoxy) is 1. The summed E-state index contributed by atoms with van der Waals surface area (Å²) >= 11 is 0. The van der Waals surface area contributed by atoms with Gasteiger partial charge in [0.1, 0.15) is 5.82 Å². The third-order valence-corrected chi connectivity index (χ3v) is 4.95. The average molecular weight is 358 g/mol. The number of rotatable bonds is 4. The van der Waals surface area contributed by atoms with Gasteiger partial charge in [0, 0.05) is 13.1 Å². The molecule has 0 amide bonds. The van der Waals surface area contributed by atoms with Gasteiger partial charge < -0.3 is 9.72 Å². The molecule has 4 rings (SSSR count). The molecule has 0 radical (unpaired) electrons. The van der Waals surface area contributed by atoms with Gasteiger partial charge in [-0.2, -0.15) is 5.26 Å². The van der Waals surface area contributed by atoms with Gasteiger partial charge in [-0.25, -0.2) is 4.98 Å². The van der Waals surface area contributed by atoms with Crippen LogP contribution in [0.25, 0.3) is 11.3 Å². The van der Waals surface area contributed by atoms with Crippen LogP contribution in [-0.4, -0.2) is 34.6 Å². The van der Waals surface area contributed by atoms with E-state index >= 15 is 0 Å². The third kappa shape index (κ3) is 3.92. The number of aryl methyl sites for hydroxylation is 1. The van der Waals surface area contributed by atoms with Gasteiger partial charge in [-0.1, -0.05) is 42.0 Å². The number of nitriles is 1. The fourth-order valence-corrected chi connectivity index (χ4v) is 3.44. The highest BCUT2D eigenvalue weighted by atomic mass is 16.5. The van der Waals surface area contributed by atoms with E-state index in [0.29, 0.717) is 18.8 Å². The molecular weight excluding hydrogens is 336 g/mol. The van der Waals surface area contributed by atoms with Crippen LogP contribution in [0.2, 0.25) is 0 Å². The van der Waals surface area contributed by atoms with E-state index in [9.17, 15) is 0 Å². The highest BCUT2D eigenvalue weighted by molar-refractivity contribution is 5.58. The van der Waals surface area contributed by atoms with E-state index in [-0.39, 0.29) is 6.04 Å². The number of imidazole rings is 1. The SMILES string of the molecule is Cc1ccc(-c2cnc(C3COCCN3Cc3cccc(C#N)c3)[nH]2)cc1. The molecule has 1 saturated heterocycles. The number of benzene rings is 2. The maximum atomic E-state index is 9.13. The molecule has 0 aliphatic carbocycles. The molecule has 1 unspecified atom stereocenters. The predicted octanol–water partition coefficient (Wildman–Crippen LogP) is 3.83. The second-order valence-electron chi connectivity index (χ2n) is 6.92. The van der Waals surface area contributed by atoms with Crippen LogP contribution in [0.5, 0.6) is 0 Å². The molecule has 3 aromatic rings. The van der Waals surface area contributed by atoms with Crippen molar-refractivity contribution in [3.05, 3.63) is 77.2 Å². The molecule has 2 aromatic carbocycles. The Morgan fingerprint density at radius 3 is 2.93 bits per heavy atom. The largest absolute Gasteiger partial charge is 0.378 e. The van der Waals surface area contributed by atoms with E-state index in [2.05, 4.69) is 58.2 Å². The number of aromatic nitrogens is 2. The van der Waals surface area contributed by atoms with E-state index in [0.717, 1.165) is 35.7 Å². The molecule has 0 bridgehead atoms. The Bertz CT molecular complexity index is 955. The van der Waals surface area contributed by atoms with Crippen LogP contribution in [0.15, 0.2) is 54.7 Å². The van der Waals surface area contributed by atoms with Gasteiger partial charge in [0.05, 0.1) is 42.8 Å². The summed E-state index contributed by atoms with van der Waals surface area (Å²) < 4.78 is 5.73. The molecule has 136 valence electrons. The summed E-state index contributed by atoms with van der Waals surface area (Å²) in [7, 11) is 0. The Kier molecular flexibility index (Phi) is 5.01. The number of H-pyrrole nitrogens is 1. The Morgan fingerprint density at radius 2 is 2.11 bits per heavy atom. The second kappa shape index (κ2) is 7.75. The van der Waals surface area contributed by atoms with Gasteiger partial charge in [-0.15, -0.1) is 0 Å². The van der Waals surface area contributed by atoms with Gasteiger partial charge in [-0.05, 0) is 30.2 Å². The van der Waals surface area contributed by atoms with Crippen molar-refractivity contribution in [2.24, 2.45) is 0 Å². The van der Waals surface area contributed by atoms with Crippen molar-refractivity contribution in [1.82, 2.24) is 14.9 Å². The van der Waals surface area contributed by atoms with Crippen molar-refractivity contribution in [3.63, 3.8) is 0 Å². The zero-order chi connectivity index (χ0) is 18.6. The third-order valence-electron chi connectivity index (χ3n) is 4.95. The summed E-state index contributed by atoms with van der Waals surface area (Å²) in [6.45, 7) is 5.01. The molecule has 1 aliphatic heterocycles. The number of hydrogen-bond acceptors (Lipinski definition) is 4. The summed E-state index contributed by atoms with van der Waals surface area (Å²) in [6, 6.07) is 18.5. The van der Waals surface area contributed by atoms with E-state index in [4.69, 9.17) is 10.00 Å². The Labute approximate surface area is 159 Å². The lowest BCUT2D eigenvalue weighted by atomic mass is 10.1. The first-order valence-corrected chi connectivity index (χ1v) is 9.16. The molecular formula is C22H22N4O. The molecule has 5 heteroatoms. The number of morpholine rings is 1. The first-order valence-electron chi connectivity index (χ1n) is 9.16. The summed E-state index contributed by atoms with van der Waals surface area (Å²) in [4.78, 5) is 10.5. The minimum atomic E-state index is 0.0729. The fourth-order valence-electron chi connectivity index (χ4n) is 3.44. The molecule has 1 atom stereocenters. The summed E-state index contributed by atoms with van der Waals surface area (Å²) in [5.41, 5.74) is 5.21. The van der Waals surface area contributed by atoms with Gasteiger partial charge in [0.2, 0.25) is 0 Å². The van der Waals surface area contributed by atoms with Crippen molar-refractivity contribution >= 4 is 0 Å². The minimum absolute atomic E-state index is 0.0729. The Hall–Kier alpha value is -2.94.